The summed E-state index contributed by atoms with van der Waals surface area (Å²) in [7, 11) is 0. The Balaban J connectivity index is 2.08. The number of carbonyl (C=O) groups is 2. The molecule has 1 aromatic carbocycles. The number of para-hydroxylation sites is 1. The third kappa shape index (κ3) is 3.99. The van der Waals surface area contributed by atoms with Crippen molar-refractivity contribution in [3.8, 4) is 0 Å². The van der Waals surface area contributed by atoms with Gasteiger partial charge in [0.2, 0.25) is 5.79 Å². The number of nitrogens with zero attached hydrogens (tertiary/aromatic N) is 1. The van der Waals surface area contributed by atoms with Crippen molar-refractivity contribution in [2.24, 2.45) is 0 Å². The van der Waals surface area contributed by atoms with Crippen LogP contribution < -0.4 is 4.90 Å². The van der Waals surface area contributed by atoms with E-state index in [2.05, 4.69) is 0 Å². The van der Waals surface area contributed by atoms with Crippen LogP contribution in [0.2, 0.25) is 0 Å². The van der Waals surface area contributed by atoms with Gasteiger partial charge in [0.1, 0.15) is 5.60 Å². The summed E-state index contributed by atoms with van der Waals surface area (Å²) >= 11 is 0. The van der Waals surface area contributed by atoms with E-state index in [1.165, 1.54) is 11.8 Å². The second-order valence-corrected chi connectivity index (χ2v) is 7.43. The Labute approximate surface area is 158 Å². The maximum absolute atomic E-state index is 12.8. The lowest BCUT2D eigenvalue weighted by molar-refractivity contribution is -0.226. The molecule has 7 heteroatoms. The Kier molecular flexibility index (Phi) is 5.26. The lowest BCUT2D eigenvalue weighted by Gasteiger charge is -2.38. The highest BCUT2D eigenvalue weighted by molar-refractivity contribution is 5.89. The van der Waals surface area contributed by atoms with Gasteiger partial charge in [-0.1, -0.05) is 24.3 Å². The van der Waals surface area contributed by atoms with E-state index in [0.29, 0.717) is 24.5 Å². The lowest BCUT2D eigenvalue weighted by Crippen LogP contribution is -2.46. The topological polar surface area (TPSA) is 74.3 Å². The monoisotopic (exact) mass is 375 g/mol. The summed E-state index contributed by atoms with van der Waals surface area (Å²) in [6.45, 7) is 7.76. The summed E-state index contributed by atoms with van der Waals surface area (Å²) in [5, 5.41) is 0. The average molecular weight is 375 g/mol. The molecule has 7 nitrogen and oxygen atoms in total. The standard InChI is InChI=1S/C20H25NO6/c1-14(22)26-17-10-7-11-21(18(23)27-19(2,3)4)16-9-6-5-8-15(16)20(17)24-12-13-25-20/h5-10,17H,11-13H2,1-4H3/b10-7-/t17-/m1/s1. The molecule has 0 saturated carbocycles. The molecule has 3 rings (SSSR count). The maximum Gasteiger partial charge on any atom is 0.415 e. The van der Waals surface area contributed by atoms with Crippen LogP contribution in [-0.4, -0.2) is 43.5 Å². The minimum Gasteiger partial charge on any atom is -0.452 e. The molecule has 0 N–H and O–H groups in total. The van der Waals surface area contributed by atoms with Gasteiger partial charge < -0.3 is 18.9 Å². The van der Waals surface area contributed by atoms with Gasteiger partial charge in [-0.3, -0.25) is 9.69 Å². The molecule has 1 atom stereocenters. The Bertz CT molecular complexity index is 745. The molecule has 1 spiro atoms. The Morgan fingerprint density at radius 2 is 1.85 bits per heavy atom. The molecule has 0 aromatic heterocycles. The molecule has 0 unspecified atom stereocenters. The fourth-order valence-electron chi connectivity index (χ4n) is 3.21. The van der Waals surface area contributed by atoms with Crippen molar-refractivity contribution in [2.75, 3.05) is 24.7 Å². The first-order chi connectivity index (χ1) is 12.7. The van der Waals surface area contributed by atoms with E-state index in [1.807, 2.05) is 39.0 Å². The van der Waals surface area contributed by atoms with Crippen LogP contribution in [0.3, 0.4) is 0 Å². The highest BCUT2D eigenvalue weighted by Gasteiger charge is 2.50. The van der Waals surface area contributed by atoms with Crippen molar-refractivity contribution >= 4 is 17.7 Å². The van der Waals surface area contributed by atoms with E-state index >= 15 is 0 Å². The molecule has 0 radical (unpaired) electrons. The first kappa shape index (κ1) is 19.4. The van der Waals surface area contributed by atoms with Crippen LogP contribution in [0.4, 0.5) is 10.5 Å². The van der Waals surface area contributed by atoms with Gasteiger partial charge in [0.15, 0.2) is 6.10 Å². The smallest absolute Gasteiger partial charge is 0.415 e. The molecule has 1 amide bonds. The summed E-state index contributed by atoms with van der Waals surface area (Å²) < 4.78 is 23.0. The number of hydrogen-bond donors (Lipinski definition) is 0. The zero-order valence-electron chi connectivity index (χ0n) is 16.1. The van der Waals surface area contributed by atoms with E-state index in [9.17, 15) is 9.59 Å². The van der Waals surface area contributed by atoms with Gasteiger partial charge in [0.05, 0.1) is 18.9 Å². The van der Waals surface area contributed by atoms with E-state index < -0.39 is 29.6 Å². The Morgan fingerprint density at radius 1 is 1.19 bits per heavy atom. The molecule has 0 bridgehead atoms. The lowest BCUT2D eigenvalue weighted by atomic mass is 9.95. The number of rotatable bonds is 1. The second-order valence-electron chi connectivity index (χ2n) is 7.43. The van der Waals surface area contributed by atoms with Crippen molar-refractivity contribution in [3.05, 3.63) is 42.0 Å². The van der Waals surface area contributed by atoms with Crippen molar-refractivity contribution in [1.29, 1.82) is 0 Å². The fourth-order valence-corrected chi connectivity index (χ4v) is 3.21. The molecule has 27 heavy (non-hydrogen) atoms. The fraction of sp³-hybridized carbons (Fsp3) is 0.500. The van der Waals surface area contributed by atoms with Gasteiger partial charge in [0.25, 0.3) is 0 Å². The molecule has 0 aliphatic carbocycles. The van der Waals surface area contributed by atoms with Crippen LogP contribution in [0, 0.1) is 0 Å². The van der Waals surface area contributed by atoms with Crippen LogP contribution >= 0.6 is 0 Å². The van der Waals surface area contributed by atoms with Gasteiger partial charge in [0, 0.05) is 19.0 Å². The first-order valence-corrected chi connectivity index (χ1v) is 8.95. The zero-order chi connectivity index (χ0) is 19.7. The first-order valence-electron chi connectivity index (χ1n) is 8.95. The Morgan fingerprint density at radius 3 is 2.48 bits per heavy atom. The number of fused-ring (bicyclic) bond motifs is 2. The molecular weight excluding hydrogens is 350 g/mol. The quantitative estimate of drug-likeness (QED) is 0.555. The summed E-state index contributed by atoms with van der Waals surface area (Å²) in [5.74, 6) is -1.75. The minimum atomic E-state index is -1.31. The van der Waals surface area contributed by atoms with Crippen molar-refractivity contribution < 1.29 is 28.5 Å². The number of carbonyl (C=O) groups excluding carboxylic acids is 2. The summed E-state index contributed by atoms with van der Waals surface area (Å²) in [5.41, 5.74) is 0.579. The van der Waals surface area contributed by atoms with Crippen LogP contribution in [0.5, 0.6) is 0 Å². The molecule has 2 aliphatic rings. The second kappa shape index (κ2) is 7.32. The molecule has 1 aromatic rings. The number of amides is 1. The van der Waals surface area contributed by atoms with Gasteiger partial charge in [-0.25, -0.2) is 4.79 Å². The van der Waals surface area contributed by atoms with Crippen LogP contribution in [0.25, 0.3) is 0 Å². The number of hydrogen-bond acceptors (Lipinski definition) is 6. The van der Waals surface area contributed by atoms with E-state index in [1.54, 1.807) is 18.2 Å². The third-order valence-electron chi connectivity index (χ3n) is 4.17. The number of benzene rings is 1. The molecule has 146 valence electrons. The normalized spacial score (nSPS) is 22.5. The van der Waals surface area contributed by atoms with Crippen LogP contribution in [0.1, 0.15) is 33.3 Å². The van der Waals surface area contributed by atoms with E-state index in [0.717, 1.165) is 0 Å². The predicted molar refractivity (Wildman–Crippen MR) is 98.3 cm³/mol. The van der Waals surface area contributed by atoms with Crippen LogP contribution in [0.15, 0.2) is 36.4 Å². The predicted octanol–water partition coefficient (Wildman–Crippen LogP) is 3.13. The van der Waals surface area contributed by atoms with Crippen molar-refractivity contribution in [3.63, 3.8) is 0 Å². The van der Waals surface area contributed by atoms with Gasteiger partial charge in [-0.05, 0) is 32.9 Å². The molecule has 2 heterocycles. The largest absolute Gasteiger partial charge is 0.452 e. The maximum atomic E-state index is 12.8. The van der Waals surface area contributed by atoms with Crippen LogP contribution in [-0.2, 0) is 29.5 Å². The van der Waals surface area contributed by atoms with Gasteiger partial charge in [-0.15, -0.1) is 0 Å². The highest BCUT2D eigenvalue weighted by atomic mass is 16.8. The van der Waals surface area contributed by atoms with Crippen molar-refractivity contribution in [1.82, 2.24) is 0 Å². The SMILES string of the molecule is CC(=O)O[C@@H]1/C=C\CN(C(=O)OC(C)(C)C)c2ccccc2C12OCCO2. The molecule has 1 fully saturated rings. The third-order valence-corrected chi connectivity index (χ3v) is 4.17. The summed E-state index contributed by atoms with van der Waals surface area (Å²) in [4.78, 5) is 26.0. The van der Waals surface area contributed by atoms with Gasteiger partial charge in [-0.2, -0.15) is 0 Å². The minimum absolute atomic E-state index is 0.264. The molecular formula is C20H25NO6. The zero-order valence-corrected chi connectivity index (χ0v) is 16.1. The average Bonchev–Trinajstić information content (AvgIpc) is 3.05. The highest BCUT2D eigenvalue weighted by Crippen LogP contribution is 2.43. The number of ether oxygens (including phenoxy) is 4. The summed E-state index contributed by atoms with van der Waals surface area (Å²) in [6.07, 6.45) is 2.21. The van der Waals surface area contributed by atoms with E-state index in [4.69, 9.17) is 18.9 Å². The Hall–Kier alpha value is -2.38. The summed E-state index contributed by atoms with van der Waals surface area (Å²) in [6, 6.07) is 7.27. The molecule has 2 aliphatic heterocycles. The number of esters is 1. The van der Waals surface area contributed by atoms with Gasteiger partial charge >= 0.3 is 12.1 Å². The molecule has 1 saturated heterocycles. The van der Waals surface area contributed by atoms with E-state index in [-0.39, 0.29) is 6.54 Å². The van der Waals surface area contributed by atoms with Crippen molar-refractivity contribution in [2.45, 2.75) is 45.2 Å². The number of anilines is 1.